The number of fused-ring (bicyclic) bond motifs is 1. The summed E-state index contributed by atoms with van der Waals surface area (Å²) in [4.78, 5) is 4.72. The molecule has 1 aromatic carbocycles. The number of nitrogens with zero attached hydrogens (tertiary/aromatic N) is 1. The molecular formula is C26H24N2O3S. The fourth-order valence-electron chi connectivity index (χ4n) is 4.01. The van der Waals surface area contributed by atoms with Gasteiger partial charge >= 0.3 is 0 Å². The van der Waals surface area contributed by atoms with Gasteiger partial charge in [-0.1, -0.05) is 35.9 Å². The van der Waals surface area contributed by atoms with Crippen LogP contribution in [0.1, 0.15) is 19.3 Å². The molecule has 3 heterocycles. The first-order chi connectivity index (χ1) is 15.8. The lowest BCUT2D eigenvalue weighted by molar-refractivity contribution is 0.240. The molecule has 1 unspecified atom stereocenters. The lowest BCUT2D eigenvalue weighted by atomic mass is 9.97. The van der Waals surface area contributed by atoms with E-state index in [1.807, 2.05) is 18.3 Å². The van der Waals surface area contributed by atoms with Crippen molar-refractivity contribution in [3.8, 4) is 16.9 Å². The molecule has 1 aliphatic carbocycles. The van der Waals surface area contributed by atoms with Crippen LogP contribution in [0.4, 0.5) is 5.82 Å². The second kappa shape index (κ2) is 9.32. The monoisotopic (exact) mass is 444 g/mol. The van der Waals surface area contributed by atoms with Crippen LogP contribution in [-0.2, 0) is 9.47 Å². The van der Waals surface area contributed by atoms with Crippen molar-refractivity contribution >= 4 is 27.2 Å². The number of ether oxygens (including phenoxy) is 3. The summed E-state index contributed by atoms with van der Waals surface area (Å²) in [6, 6.07) is 10.1. The van der Waals surface area contributed by atoms with E-state index < -0.39 is 0 Å². The van der Waals surface area contributed by atoms with Gasteiger partial charge in [0.2, 0.25) is 0 Å². The zero-order valence-electron chi connectivity index (χ0n) is 17.8. The van der Waals surface area contributed by atoms with Crippen LogP contribution in [0.2, 0.25) is 0 Å². The molecule has 0 saturated carbocycles. The third kappa shape index (κ3) is 4.27. The minimum absolute atomic E-state index is 0.103. The molecule has 2 aliphatic rings. The molecule has 0 amide bonds. The largest absolute Gasteiger partial charge is 0.497 e. The first-order valence-electron chi connectivity index (χ1n) is 10.6. The van der Waals surface area contributed by atoms with Gasteiger partial charge in [0.15, 0.2) is 5.76 Å². The van der Waals surface area contributed by atoms with E-state index in [9.17, 15) is 0 Å². The molecule has 3 aromatic rings. The summed E-state index contributed by atoms with van der Waals surface area (Å²) in [5.74, 6) is 2.40. The summed E-state index contributed by atoms with van der Waals surface area (Å²) in [6.07, 6.45) is 16.0. The molecule has 0 saturated heterocycles. The summed E-state index contributed by atoms with van der Waals surface area (Å²) >= 11 is 1.71. The van der Waals surface area contributed by atoms with E-state index in [-0.39, 0.29) is 6.04 Å². The number of allylic oxidation sites excluding steroid dienone is 3. The minimum Gasteiger partial charge on any atom is -0.497 e. The lowest BCUT2D eigenvalue weighted by Gasteiger charge is -2.24. The van der Waals surface area contributed by atoms with Gasteiger partial charge in [-0.05, 0) is 48.4 Å². The van der Waals surface area contributed by atoms with Crippen LogP contribution in [0.5, 0.6) is 5.75 Å². The fourth-order valence-corrected chi connectivity index (χ4v) is 4.97. The number of hydrogen-bond acceptors (Lipinski definition) is 6. The number of pyridine rings is 1. The molecule has 6 heteroatoms. The van der Waals surface area contributed by atoms with Gasteiger partial charge in [0.1, 0.15) is 30.4 Å². The van der Waals surface area contributed by atoms with Crippen molar-refractivity contribution in [3.05, 3.63) is 90.3 Å². The van der Waals surface area contributed by atoms with Gasteiger partial charge in [0, 0.05) is 21.8 Å². The van der Waals surface area contributed by atoms with Crippen molar-refractivity contribution in [1.82, 2.24) is 4.98 Å². The number of rotatable bonds is 7. The van der Waals surface area contributed by atoms with Crippen LogP contribution in [0.25, 0.3) is 21.2 Å². The van der Waals surface area contributed by atoms with E-state index in [0.29, 0.717) is 0 Å². The van der Waals surface area contributed by atoms with Gasteiger partial charge in [0.25, 0.3) is 0 Å². The summed E-state index contributed by atoms with van der Waals surface area (Å²) in [7, 11) is 1.69. The molecule has 1 N–H and O–H groups in total. The highest BCUT2D eigenvalue weighted by Gasteiger charge is 2.22. The Morgan fingerprint density at radius 2 is 2.22 bits per heavy atom. The summed E-state index contributed by atoms with van der Waals surface area (Å²) in [5, 5.41) is 6.93. The van der Waals surface area contributed by atoms with E-state index in [0.717, 1.165) is 53.1 Å². The number of benzene rings is 1. The SMILES string of the molecule is COc1cccc(-c2csc3ccnc(NC(CC4=CC=CCC4)C4=COC=CO4)c23)c1. The van der Waals surface area contributed by atoms with E-state index in [1.54, 1.807) is 31.0 Å². The smallest absolute Gasteiger partial charge is 0.161 e. The minimum atomic E-state index is -0.103. The third-order valence-electron chi connectivity index (χ3n) is 5.61. The Labute approximate surface area is 191 Å². The van der Waals surface area contributed by atoms with Crippen LogP contribution < -0.4 is 10.1 Å². The van der Waals surface area contributed by atoms with Crippen molar-refractivity contribution in [2.45, 2.75) is 25.3 Å². The highest BCUT2D eigenvalue weighted by molar-refractivity contribution is 7.17. The zero-order valence-corrected chi connectivity index (χ0v) is 18.6. The van der Waals surface area contributed by atoms with E-state index in [1.165, 1.54) is 16.5 Å². The Bertz CT molecular complexity index is 1240. The topological polar surface area (TPSA) is 52.6 Å². The second-order valence-electron chi connectivity index (χ2n) is 7.65. The number of anilines is 1. The van der Waals surface area contributed by atoms with Crippen molar-refractivity contribution < 1.29 is 14.2 Å². The highest BCUT2D eigenvalue weighted by atomic mass is 32.1. The molecular weight excluding hydrogens is 420 g/mol. The molecule has 5 rings (SSSR count). The molecule has 1 atom stereocenters. The highest BCUT2D eigenvalue weighted by Crippen LogP contribution is 2.39. The van der Waals surface area contributed by atoms with Crippen molar-refractivity contribution in [1.29, 1.82) is 0 Å². The molecule has 0 radical (unpaired) electrons. The number of aromatic nitrogens is 1. The van der Waals surface area contributed by atoms with Crippen molar-refractivity contribution in [3.63, 3.8) is 0 Å². The van der Waals surface area contributed by atoms with Gasteiger partial charge in [-0.3, -0.25) is 0 Å². The van der Waals surface area contributed by atoms with Crippen LogP contribution >= 0.6 is 11.3 Å². The zero-order chi connectivity index (χ0) is 21.8. The van der Waals surface area contributed by atoms with Crippen molar-refractivity contribution in [2.24, 2.45) is 0 Å². The van der Waals surface area contributed by atoms with E-state index in [4.69, 9.17) is 19.2 Å². The number of methoxy groups -OCH3 is 1. The normalized spacial score (nSPS) is 16.0. The van der Waals surface area contributed by atoms with Crippen LogP contribution in [-0.4, -0.2) is 18.1 Å². The average molecular weight is 445 g/mol. The van der Waals surface area contributed by atoms with Crippen LogP contribution in [0.3, 0.4) is 0 Å². The van der Waals surface area contributed by atoms with Crippen LogP contribution in [0.15, 0.2) is 90.3 Å². The number of hydrogen-bond donors (Lipinski definition) is 1. The average Bonchev–Trinajstić information content (AvgIpc) is 3.30. The molecule has 0 spiro atoms. The molecule has 5 nitrogen and oxygen atoms in total. The van der Waals surface area contributed by atoms with E-state index in [2.05, 4.69) is 47.1 Å². The van der Waals surface area contributed by atoms with E-state index >= 15 is 0 Å². The van der Waals surface area contributed by atoms with Gasteiger partial charge in [0.05, 0.1) is 13.2 Å². The number of thiophene rings is 1. The molecule has 2 aromatic heterocycles. The Morgan fingerprint density at radius 1 is 1.25 bits per heavy atom. The molecule has 1 aliphatic heterocycles. The van der Waals surface area contributed by atoms with Gasteiger partial charge < -0.3 is 19.5 Å². The Kier molecular flexibility index (Phi) is 5.94. The maximum atomic E-state index is 5.80. The first kappa shape index (κ1) is 20.4. The first-order valence-corrected chi connectivity index (χ1v) is 11.5. The van der Waals surface area contributed by atoms with Crippen LogP contribution in [0, 0.1) is 0 Å². The Morgan fingerprint density at radius 3 is 3.03 bits per heavy atom. The second-order valence-corrected chi connectivity index (χ2v) is 8.56. The van der Waals surface area contributed by atoms with Crippen molar-refractivity contribution in [2.75, 3.05) is 12.4 Å². The lowest BCUT2D eigenvalue weighted by Crippen LogP contribution is -2.25. The predicted octanol–water partition coefficient (Wildman–Crippen LogP) is 6.78. The summed E-state index contributed by atoms with van der Waals surface area (Å²) in [6.45, 7) is 0. The molecule has 0 fully saturated rings. The maximum Gasteiger partial charge on any atom is 0.161 e. The van der Waals surface area contributed by atoms with Gasteiger partial charge in [-0.25, -0.2) is 4.98 Å². The Balaban J connectivity index is 1.53. The predicted molar refractivity (Wildman–Crippen MR) is 129 cm³/mol. The summed E-state index contributed by atoms with van der Waals surface area (Å²) in [5.41, 5.74) is 3.60. The molecule has 32 heavy (non-hydrogen) atoms. The van der Waals surface area contributed by atoms with Gasteiger partial charge in [-0.15, -0.1) is 11.3 Å². The third-order valence-corrected chi connectivity index (χ3v) is 6.56. The molecule has 0 bridgehead atoms. The quantitative estimate of drug-likeness (QED) is 0.435. The number of nitrogens with one attached hydrogen (secondary N) is 1. The standard InChI is InChI=1S/C26H24N2O3S/c1-29-20-9-5-8-19(15-20)21-17-32-24-10-11-27-26(25(21)24)28-22(23-16-30-12-13-31-23)14-18-6-3-2-4-7-18/h2-3,5-6,8-13,15-17,22H,4,7,14H2,1H3,(H,27,28). The maximum absolute atomic E-state index is 5.80. The Hall–Kier alpha value is -3.51. The molecule has 162 valence electrons. The summed E-state index contributed by atoms with van der Waals surface area (Å²) < 4.78 is 17.8. The van der Waals surface area contributed by atoms with Gasteiger partial charge in [-0.2, -0.15) is 0 Å². The fraction of sp³-hybridized carbons (Fsp3) is 0.192.